The van der Waals surface area contributed by atoms with E-state index in [4.69, 9.17) is 11.6 Å². The van der Waals surface area contributed by atoms with Gasteiger partial charge in [0.25, 0.3) is 0 Å². The normalized spacial score (nSPS) is 12.9. The standard InChI is InChI=1S/C12H15ClFNO/c1-7-5-10(13)9(6-11(7)14)12(8(2)16)15(3)4/h5-6,12H,1-4H3. The Kier molecular flexibility index (Phi) is 4.05. The number of halogens is 2. The molecule has 1 aromatic carbocycles. The Bertz CT molecular complexity index is 418. The summed E-state index contributed by atoms with van der Waals surface area (Å²) in [4.78, 5) is 13.2. The lowest BCUT2D eigenvalue weighted by molar-refractivity contribution is -0.121. The molecule has 0 heterocycles. The number of hydrogen-bond donors (Lipinski definition) is 0. The van der Waals surface area contributed by atoms with Crippen molar-refractivity contribution in [2.24, 2.45) is 0 Å². The Balaban J connectivity index is 3.30. The summed E-state index contributed by atoms with van der Waals surface area (Å²) in [6, 6.07) is 2.39. The summed E-state index contributed by atoms with van der Waals surface area (Å²) in [5.41, 5.74) is 0.997. The van der Waals surface area contributed by atoms with Crippen molar-refractivity contribution >= 4 is 17.4 Å². The van der Waals surface area contributed by atoms with E-state index in [9.17, 15) is 9.18 Å². The van der Waals surface area contributed by atoms with Crippen LogP contribution in [0.25, 0.3) is 0 Å². The van der Waals surface area contributed by atoms with Gasteiger partial charge in [0.15, 0.2) is 5.78 Å². The molecule has 4 heteroatoms. The summed E-state index contributed by atoms with van der Waals surface area (Å²) in [7, 11) is 3.53. The number of nitrogens with zero attached hydrogens (tertiary/aromatic N) is 1. The molecule has 1 rings (SSSR count). The zero-order valence-electron chi connectivity index (χ0n) is 9.84. The lowest BCUT2D eigenvalue weighted by atomic mass is 10.0. The van der Waals surface area contributed by atoms with Gasteiger partial charge >= 0.3 is 0 Å². The summed E-state index contributed by atoms with van der Waals surface area (Å²) < 4.78 is 13.5. The summed E-state index contributed by atoms with van der Waals surface area (Å²) in [5.74, 6) is -0.400. The van der Waals surface area contributed by atoms with Gasteiger partial charge in [-0.3, -0.25) is 9.69 Å². The van der Waals surface area contributed by atoms with Crippen LogP contribution in [0.3, 0.4) is 0 Å². The van der Waals surface area contributed by atoms with E-state index in [-0.39, 0.29) is 11.6 Å². The van der Waals surface area contributed by atoms with Gasteiger partial charge in [-0.25, -0.2) is 4.39 Å². The van der Waals surface area contributed by atoms with Gasteiger partial charge in [0.1, 0.15) is 5.82 Å². The highest BCUT2D eigenvalue weighted by molar-refractivity contribution is 6.31. The number of rotatable bonds is 3. The van der Waals surface area contributed by atoms with E-state index in [0.29, 0.717) is 16.1 Å². The fourth-order valence-electron chi connectivity index (χ4n) is 1.73. The van der Waals surface area contributed by atoms with Crippen LogP contribution >= 0.6 is 11.6 Å². The van der Waals surface area contributed by atoms with Crippen molar-refractivity contribution in [1.29, 1.82) is 0 Å². The largest absolute Gasteiger partial charge is 0.298 e. The molecule has 0 fully saturated rings. The first-order chi connectivity index (χ1) is 7.34. The summed E-state index contributed by atoms with van der Waals surface area (Å²) in [6.07, 6.45) is 0. The number of likely N-dealkylation sites (N-methyl/N-ethyl adjacent to an activating group) is 1. The molecule has 1 atom stereocenters. The number of carbonyl (C=O) groups excluding carboxylic acids is 1. The molecule has 0 aliphatic heterocycles. The number of hydrogen-bond acceptors (Lipinski definition) is 2. The van der Waals surface area contributed by atoms with E-state index >= 15 is 0 Å². The predicted molar refractivity (Wildman–Crippen MR) is 63.3 cm³/mol. The second-order valence-electron chi connectivity index (χ2n) is 4.10. The topological polar surface area (TPSA) is 20.3 Å². The van der Waals surface area contributed by atoms with Crippen LogP contribution in [0.1, 0.15) is 24.1 Å². The van der Waals surface area contributed by atoms with Crippen molar-refractivity contribution in [3.05, 3.63) is 34.1 Å². The van der Waals surface area contributed by atoms with Gasteiger partial charge in [-0.1, -0.05) is 11.6 Å². The van der Waals surface area contributed by atoms with Crippen molar-refractivity contribution < 1.29 is 9.18 Å². The summed E-state index contributed by atoms with van der Waals surface area (Å²) in [6.45, 7) is 3.11. The molecule has 0 aliphatic rings. The van der Waals surface area contributed by atoms with Crippen molar-refractivity contribution in [3.8, 4) is 0 Å². The van der Waals surface area contributed by atoms with Gasteiger partial charge in [0.05, 0.1) is 6.04 Å². The Morgan fingerprint density at radius 2 is 2.00 bits per heavy atom. The van der Waals surface area contributed by atoms with Crippen LogP contribution in [0.15, 0.2) is 12.1 Å². The van der Waals surface area contributed by atoms with Crippen LogP contribution in [-0.2, 0) is 4.79 Å². The van der Waals surface area contributed by atoms with Crippen molar-refractivity contribution in [1.82, 2.24) is 4.90 Å². The van der Waals surface area contributed by atoms with Gasteiger partial charge in [-0.05, 0) is 51.2 Å². The molecular formula is C12H15ClFNO. The van der Waals surface area contributed by atoms with E-state index in [1.807, 2.05) is 0 Å². The maximum Gasteiger partial charge on any atom is 0.151 e. The molecule has 0 saturated heterocycles. The zero-order valence-corrected chi connectivity index (χ0v) is 10.6. The molecule has 2 nitrogen and oxygen atoms in total. The molecule has 0 spiro atoms. The first-order valence-electron chi connectivity index (χ1n) is 4.97. The lowest BCUT2D eigenvalue weighted by Crippen LogP contribution is -2.26. The zero-order chi connectivity index (χ0) is 12.5. The molecule has 0 aliphatic carbocycles. The third kappa shape index (κ3) is 2.60. The quantitative estimate of drug-likeness (QED) is 0.814. The predicted octanol–water partition coefficient (Wildman–Crippen LogP) is 2.98. The van der Waals surface area contributed by atoms with Gasteiger partial charge in [-0.2, -0.15) is 0 Å². The number of carbonyl (C=O) groups is 1. The maximum atomic E-state index is 13.5. The fourth-order valence-corrected chi connectivity index (χ4v) is 2.05. The van der Waals surface area contributed by atoms with Crippen LogP contribution in [0.2, 0.25) is 5.02 Å². The summed E-state index contributed by atoms with van der Waals surface area (Å²) in [5, 5.41) is 0.424. The van der Waals surface area contributed by atoms with Crippen molar-refractivity contribution in [3.63, 3.8) is 0 Å². The Morgan fingerprint density at radius 1 is 1.44 bits per heavy atom. The molecule has 1 unspecified atom stereocenters. The van der Waals surface area contributed by atoms with Crippen LogP contribution in [0, 0.1) is 12.7 Å². The summed E-state index contributed by atoms with van der Waals surface area (Å²) >= 11 is 6.04. The second kappa shape index (κ2) is 4.93. The molecule has 0 aromatic heterocycles. The van der Waals surface area contributed by atoms with Crippen molar-refractivity contribution in [2.75, 3.05) is 14.1 Å². The highest BCUT2D eigenvalue weighted by Crippen LogP contribution is 2.29. The van der Waals surface area contributed by atoms with Gasteiger partial charge in [0, 0.05) is 5.02 Å². The minimum atomic E-state index is -0.498. The second-order valence-corrected chi connectivity index (χ2v) is 4.51. The highest BCUT2D eigenvalue weighted by Gasteiger charge is 2.22. The van der Waals surface area contributed by atoms with Crippen LogP contribution in [-0.4, -0.2) is 24.8 Å². The highest BCUT2D eigenvalue weighted by atomic mass is 35.5. The van der Waals surface area contributed by atoms with Gasteiger partial charge in [-0.15, -0.1) is 0 Å². The van der Waals surface area contributed by atoms with E-state index in [1.54, 1.807) is 32.0 Å². The number of benzene rings is 1. The van der Waals surface area contributed by atoms with Crippen LogP contribution in [0.4, 0.5) is 4.39 Å². The van der Waals surface area contributed by atoms with Crippen LogP contribution < -0.4 is 0 Å². The van der Waals surface area contributed by atoms with Gasteiger partial charge < -0.3 is 0 Å². The molecule has 16 heavy (non-hydrogen) atoms. The minimum absolute atomic E-state index is 0.0600. The van der Waals surface area contributed by atoms with E-state index < -0.39 is 6.04 Å². The molecule has 0 amide bonds. The lowest BCUT2D eigenvalue weighted by Gasteiger charge is -2.23. The number of ketones is 1. The molecule has 88 valence electrons. The Hall–Kier alpha value is -0.930. The first-order valence-corrected chi connectivity index (χ1v) is 5.34. The Morgan fingerprint density at radius 3 is 2.44 bits per heavy atom. The fraction of sp³-hybridized carbons (Fsp3) is 0.417. The van der Waals surface area contributed by atoms with E-state index in [1.165, 1.54) is 13.0 Å². The average molecular weight is 244 g/mol. The van der Waals surface area contributed by atoms with E-state index in [0.717, 1.165) is 0 Å². The molecule has 0 bridgehead atoms. The van der Waals surface area contributed by atoms with Crippen molar-refractivity contribution in [2.45, 2.75) is 19.9 Å². The van der Waals surface area contributed by atoms with Crippen LogP contribution in [0.5, 0.6) is 0 Å². The molecule has 0 radical (unpaired) electrons. The molecule has 0 N–H and O–H groups in total. The maximum absolute atomic E-state index is 13.5. The Labute approximate surface area is 100 Å². The van der Waals surface area contributed by atoms with Gasteiger partial charge in [0.2, 0.25) is 0 Å². The number of aryl methyl sites for hydroxylation is 1. The first kappa shape index (κ1) is 13.1. The molecular weight excluding hydrogens is 229 g/mol. The van der Waals surface area contributed by atoms with E-state index in [2.05, 4.69) is 0 Å². The average Bonchev–Trinajstić information content (AvgIpc) is 2.12. The third-order valence-corrected chi connectivity index (χ3v) is 2.80. The third-order valence-electron chi connectivity index (χ3n) is 2.47. The molecule has 1 aromatic rings. The monoisotopic (exact) mass is 243 g/mol. The minimum Gasteiger partial charge on any atom is -0.298 e. The number of Topliss-reactive ketones (excluding diaryl/α,β-unsaturated/α-hetero) is 1. The molecule has 0 saturated carbocycles. The smallest absolute Gasteiger partial charge is 0.151 e. The SMILES string of the molecule is CC(=O)C(c1cc(F)c(C)cc1Cl)N(C)C.